The molecule has 0 saturated carbocycles. The minimum atomic E-state index is 0.167. The maximum absolute atomic E-state index is 5.59. The van der Waals surface area contributed by atoms with E-state index in [2.05, 4.69) is 36.8 Å². The van der Waals surface area contributed by atoms with Crippen LogP contribution in [0.25, 0.3) is 0 Å². The second kappa shape index (κ2) is 4.62. The van der Waals surface area contributed by atoms with Crippen LogP contribution in [0.5, 0.6) is 0 Å². The van der Waals surface area contributed by atoms with Crippen LogP contribution in [-0.4, -0.2) is 29.0 Å². The molecule has 80 valence electrons. The molecule has 0 amide bonds. The molecule has 0 bridgehead atoms. The maximum atomic E-state index is 5.59. The molecule has 0 atom stereocenters. The molecule has 1 aromatic rings. The average molecular weight is 195 g/mol. The number of nitrogens with one attached hydrogen (secondary N) is 1. The monoisotopic (exact) mass is 195 g/mol. The van der Waals surface area contributed by atoms with E-state index >= 15 is 0 Å². The van der Waals surface area contributed by atoms with Gasteiger partial charge in [0.15, 0.2) is 0 Å². The first-order chi connectivity index (χ1) is 6.56. The van der Waals surface area contributed by atoms with E-state index in [1.165, 1.54) is 5.69 Å². The molecule has 3 heteroatoms. The Morgan fingerprint density at radius 1 is 1.50 bits per heavy atom. The van der Waals surface area contributed by atoms with Crippen molar-refractivity contribution in [1.29, 1.82) is 0 Å². The normalized spacial score (nSPS) is 12.4. The van der Waals surface area contributed by atoms with Crippen molar-refractivity contribution < 1.29 is 0 Å². The lowest BCUT2D eigenvalue weighted by molar-refractivity contribution is 0.138. The first kappa shape index (κ1) is 11.3. The first-order valence-electron chi connectivity index (χ1n) is 5.10. The number of nitrogens with zero attached hydrogens (tertiary/aromatic N) is 1. The molecule has 0 saturated heterocycles. The Hall–Kier alpha value is -0.800. The van der Waals surface area contributed by atoms with Gasteiger partial charge in [-0.1, -0.05) is 0 Å². The predicted octanol–water partition coefficient (Wildman–Crippen LogP) is 1.57. The quantitative estimate of drug-likeness (QED) is 0.749. The Balaban J connectivity index is 2.52. The van der Waals surface area contributed by atoms with Crippen molar-refractivity contribution in [2.45, 2.75) is 32.4 Å². The van der Waals surface area contributed by atoms with E-state index in [-0.39, 0.29) is 5.54 Å². The molecule has 3 nitrogen and oxygen atoms in total. The Kier molecular flexibility index (Phi) is 3.72. The van der Waals surface area contributed by atoms with Crippen molar-refractivity contribution in [2.24, 2.45) is 5.73 Å². The van der Waals surface area contributed by atoms with Gasteiger partial charge in [-0.05, 0) is 46.0 Å². The van der Waals surface area contributed by atoms with Gasteiger partial charge >= 0.3 is 0 Å². The fourth-order valence-corrected chi connectivity index (χ4v) is 1.48. The zero-order chi connectivity index (χ0) is 10.6. The molecule has 0 unspecified atom stereocenters. The van der Waals surface area contributed by atoms with Gasteiger partial charge in [0, 0.05) is 24.0 Å². The fraction of sp³-hybridized carbons (Fsp3) is 0.636. The summed E-state index contributed by atoms with van der Waals surface area (Å²) in [6, 6.07) is 4.13. The van der Waals surface area contributed by atoms with Crippen LogP contribution in [0.15, 0.2) is 18.3 Å². The van der Waals surface area contributed by atoms with Crippen LogP contribution in [0.2, 0.25) is 0 Å². The number of nitrogens with two attached hydrogens (primary N) is 1. The number of hydrogen-bond donors (Lipinski definition) is 2. The van der Waals surface area contributed by atoms with E-state index < -0.39 is 0 Å². The maximum Gasteiger partial charge on any atom is 0.0387 e. The second-order valence-electron chi connectivity index (χ2n) is 4.40. The molecular weight excluding hydrogens is 174 g/mol. The Bertz CT molecular complexity index is 252. The zero-order valence-corrected chi connectivity index (χ0v) is 9.38. The molecular formula is C11H21N3. The van der Waals surface area contributed by atoms with Gasteiger partial charge < -0.3 is 10.7 Å². The summed E-state index contributed by atoms with van der Waals surface area (Å²) >= 11 is 0. The van der Waals surface area contributed by atoms with Crippen LogP contribution < -0.4 is 5.73 Å². The largest absolute Gasteiger partial charge is 0.364 e. The summed E-state index contributed by atoms with van der Waals surface area (Å²) < 4.78 is 0. The molecule has 0 aliphatic heterocycles. The van der Waals surface area contributed by atoms with Crippen molar-refractivity contribution >= 4 is 0 Å². The molecule has 0 aliphatic carbocycles. The van der Waals surface area contributed by atoms with Crippen molar-refractivity contribution in [3.05, 3.63) is 24.0 Å². The Morgan fingerprint density at radius 3 is 2.71 bits per heavy atom. The highest BCUT2D eigenvalue weighted by Crippen LogP contribution is 2.18. The van der Waals surface area contributed by atoms with E-state index in [1.54, 1.807) is 0 Å². The molecule has 3 N–H and O–H groups in total. The van der Waals surface area contributed by atoms with Crippen LogP contribution >= 0.6 is 0 Å². The van der Waals surface area contributed by atoms with E-state index in [4.69, 9.17) is 5.73 Å². The average Bonchev–Trinajstić information content (AvgIpc) is 2.56. The van der Waals surface area contributed by atoms with Gasteiger partial charge in [0.05, 0.1) is 0 Å². The first-order valence-corrected chi connectivity index (χ1v) is 5.10. The van der Waals surface area contributed by atoms with Crippen LogP contribution in [0, 0.1) is 0 Å². The van der Waals surface area contributed by atoms with E-state index in [0.717, 1.165) is 19.5 Å². The summed E-state index contributed by atoms with van der Waals surface area (Å²) in [5.41, 5.74) is 7.01. The van der Waals surface area contributed by atoms with Crippen LogP contribution in [0.1, 0.15) is 26.0 Å². The van der Waals surface area contributed by atoms with Crippen LogP contribution in [0.3, 0.4) is 0 Å². The topological polar surface area (TPSA) is 45.0 Å². The predicted molar refractivity (Wildman–Crippen MR) is 60.0 cm³/mol. The number of rotatable bonds is 5. The molecule has 0 spiro atoms. The highest BCUT2D eigenvalue weighted by atomic mass is 15.2. The van der Waals surface area contributed by atoms with Crippen molar-refractivity contribution in [3.63, 3.8) is 0 Å². The lowest BCUT2D eigenvalue weighted by atomic mass is 9.98. The molecule has 1 aromatic heterocycles. The molecule has 0 fully saturated rings. The van der Waals surface area contributed by atoms with Gasteiger partial charge in [-0.15, -0.1) is 0 Å². The number of aromatic amines is 1. The second-order valence-corrected chi connectivity index (χ2v) is 4.40. The van der Waals surface area contributed by atoms with E-state index in [9.17, 15) is 0 Å². The summed E-state index contributed by atoms with van der Waals surface area (Å²) in [6.07, 6.45) is 2.98. The fourth-order valence-electron chi connectivity index (χ4n) is 1.48. The van der Waals surface area contributed by atoms with Gasteiger partial charge in [-0.25, -0.2) is 0 Å². The highest BCUT2D eigenvalue weighted by Gasteiger charge is 2.22. The summed E-state index contributed by atoms with van der Waals surface area (Å²) in [5.74, 6) is 0. The summed E-state index contributed by atoms with van der Waals surface area (Å²) in [7, 11) is 2.14. The van der Waals surface area contributed by atoms with Crippen molar-refractivity contribution in [3.8, 4) is 0 Å². The molecule has 1 rings (SSSR count). The SMILES string of the molecule is CN(Cc1ccc[nH]1)C(C)(C)CCN. The number of H-pyrrole nitrogens is 1. The summed E-state index contributed by atoms with van der Waals surface area (Å²) in [4.78, 5) is 5.53. The van der Waals surface area contributed by atoms with Gasteiger partial charge in [-0.2, -0.15) is 0 Å². The highest BCUT2D eigenvalue weighted by molar-refractivity contribution is 5.04. The van der Waals surface area contributed by atoms with Gasteiger partial charge in [0.25, 0.3) is 0 Å². The van der Waals surface area contributed by atoms with Crippen LogP contribution in [-0.2, 0) is 6.54 Å². The summed E-state index contributed by atoms with van der Waals surface area (Å²) in [5, 5.41) is 0. The third kappa shape index (κ3) is 2.86. The van der Waals surface area contributed by atoms with Crippen LogP contribution in [0.4, 0.5) is 0 Å². The van der Waals surface area contributed by atoms with Crippen molar-refractivity contribution in [2.75, 3.05) is 13.6 Å². The molecule has 1 heterocycles. The molecule has 0 aliphatic rings. The molecule has 0 radical (unpaired) electrons. The van der Waals surface area contributed by atoms with E-state index in [1.807, 2.05) is 12.3 Å². The Labute approximate surface area is 86.3 Å². The Morgan fingerprint density at radius 2 is 2.21 bits per heavy atom. The van der Waals surface area contributed by atoms with Gasteiger partial charge in [0.2, 0.25) is 0 Å². The number of hydrogen-bond acceptors (Lipinski definition) is 2. The third-order valence-electron chi connectivity index (χ3n) is 2.86. The van der Waals surface area contributed by atoms with E-state index in [0.29, 0.717) is 0 Å². The standard InChI is InChI=1S/C11H21N3/c1-11(2,6-7-12)14(3)9-10-5-4-8-13-10/h4-5,8,13H,6-7,9,12H2,1-3H3. The minimum Gasteiger partial charge on any atom is -0.364 e. The van der Waals surface area contributed by atoms with Crippen molar-refractivity contribution in [1.82, 2.24) is 9.88 Å². The molecule has 14 heavy (non-hydrogen) atoms. The molecule has 0 aromatic carbocycles. The number of aromatic nitrogens is 1. The smallest absolute Gasteiger partial charge is 0.0387 e. The van der Waals surface area contributed by atoms with Gasteiger partial charge in [-0.3, -0.25) is 4.90 Å². The lowest BCUT2D eigenvalue weighted by Gasteiger charge is -2.35. The summed E-state index contributed by atoms with van der Waals surface area (Å²) in [6.45, 7) is 6.13. The zero-order valence-electron chi connectivity index (χ0n) is 9.38. The third-order valence-corrected chi connectivity index (χ3v) is 2.86. The minimum absolute atomic E-state index is 0.167. The lowest BCUT2D eigenvalue weighted by Crippen LogP contribution is -2.42. The van der Waals surface area contributed by atoms with Gasteiger partial charge in [0.1, 0.15) is 0 Å².